The molecule has 1 nitrogen and oxygen atoms in total. The Labute approximate surface area is 78.5 Å². The van der Waals surface area contributed by atoms with Crippen molar-refractivity contribution in [3.8, 4) is 0 Å². The summed E-state index contributed by atoms with van der Waals surface area (Å²) in [6.45, 7) is 2.68. The molecule has 71 valence electrons. The first-order valence-corrected chi connectivity index (χ1v) is 4.31. The average molecular weight is 181 g/mol. The Morgan fingerprint density at radius 3 is 2.85 bits per heavy atom. The summed E-state index contributed by atoms with van der Waals surface area (Å²) in [5.41, 5.74) is 0.956. The lowest BCUT2D eigenvalue weighted by molar-refractivity contribution is 0.199. The molecule has 0 heterocycles. The molecule has 1 radical (unpaired) electrons. The zero-order valence-electron chi connectivity index (χ0n) is 8.01. The van der Waals surface area contributed by atoms with Crippen LogP contribution in [0, 0.1) is 11.7 Å². The number of ether oxygens (including phenoxy) is 1. The van der Waals surface area contributed by atoms with E-state index in [1.807, 2.05) is 13.0 Å². The smallest absolute Gasteiger partial charge is 0.123 e. The molecule has 0 N–H and O–H groups in total. The second-order valence-corrected chi connectivity index (χ2v) is 3.03. The third-order valence-corrected chi connectivity index (χ3v) is 2.00. The molecule has 0 aliphatic heterocycles. The number of methoxy groups -OCH3 is 1. The van der Waals surface area contributed by atoms with E-state index in [0.29, 0.717) is 6.61 Å². The Bertz CT molecular complexity index is 260. The Morgan fingerprint density at radius 1 is 1.46 bits per heavy atom. The van der Waals surface area contributed by atoms with E-state index in [9.17, 15) is 4.39 Å². The summed E-state index contributed by atoms with van der Waals surface area (Å²) < 4.78 is 17.8. The molecule has 1 aromatic rings. The molecule has 1 rings (SSSR count). The number of rotatable bonds is 4. The van der Waals surface area contributed by atoms with Gasteiger partial charge < -0.3 is 4.74 Å². The van der Waals surface area contributed by atoms with Crippen LogP contribution < -0.4 is 0 Å². The maximum absolute atomic E-state index is 12.8. The van der Waals surface area contributed by atoms with Crippen molar-refractivity contribution in [1.29, 1.82) is 0 Å². The molecule has 0 saturated heterocycles. The molecular weight excluding hydrogens is 167 g/mol. The van der Waals surface area contributed by atoms with Crippen molar-refractivity contribution >= 4 is 0 Å². The summed E-state index contributed by atoms with van der Waals surface area (Å²) in [5.74, 6) is 0.968. The molecule has 0 amide bonds. The van der Waals surface area contributed by atoms with Crippen LogP contribution in [0.2, 0.25) is 0 Å². The number of benzene rings is 1. The second-order valence-electron chi connectivity index (χ2n) is 3.03. The molecule has 1 aromatic carbocycles. The topological polar surface area (TPSA) is 9.23 Å². The highest BCUT2D eigenvalue weighted by molar-refractivity contribution is 5.29. The van der Waals surface area contributed by atoms with E-state index in [0.717, 1.165) is 17.9 Å². The van der Waals surface area contributed by atoms with Gasteiger partial charge in [0.25, 0.3) is 0 Å². The monoisotopic (exact) mass is 181 g/mol. The summed E-state index contributed by atoms with van der Waals surface area (Å²) >= 11 is 0. The molecule has 0 unspecified atom stereocenters. The van der Waals surface area contributed by atoms with Crippen LogP contribution in [0.25, 0.3) is 0 Å². The molecule has 0 aliphatic rings. The quantitative estimate of drug-likeness (QED) is 0.694. The van der Waals surface area contributed by atoms with E-state index in [-0.39, 0.29) is 5.82 Å². The maximum atomic E-state index is 12.8. The van der Waals surface area contributed by atoms with Crippen LogP contribution in [0.4, 0.5) is 4.39 Å². The van der Waals surface area contributed by atoms with Gasteiger partial charge in [-0.05, 0) is 24.1 Å². The molecule has 0 spiro atoms. The Hall–Kier alpha value is -0.890. The largest absolute Gasteiger partial charge is 0.385 e. The van der Waals surface area contributed by atoms with Crippen LogP contribution in [-0.2, 0) is 4.74 Å². The summed E-state index contributed by atoms with van der Waals surface area (Å²) in [6, 6.07) is 6.63. The SMILES string of the molecule is COCC[C](C)c1cccc(F)c1. The molecular formula is C11H14FO. The molecule has 2 heteroatoms. The van der Waals surface area contributed by atoms with Gasteiger partial charge >= 0.3 is 0 Å². The highest BCUT2D eigenvalue weighted by Crippen LogP contribution is 2.18. The van der Waals surface area contributed by atoms with Crippen molar-refractivity contribution in [3.63, 3.8) is 0 Å². The molecule has 0 aromatic heterocycles. The molecule has 13 heavy (non-hydrogen) atoms. The third kappa shape index (κ3) is 3.15. The standard InChI is InChI=1S/C11H14FO/c1-9(6-7-13-2)10-4-3-5-11(12)8-10/h3-5,8H,6-7H2,1-2H3. The predicted molar refractivity (Wildman–Crippen MR) is 50.9 cm³/mol. The first-order valence-electron chi connectivity index (χ1n) is 4.31. The molecule has 0 bridgehead atoms. The first kappa shape index (κ1) is 10.2. The van der Waals surface area contributed by atoms with Gasteiger partial charge in [-0.1, -0.05) is 19.1 Å². The average Bonchev–Trinajstić information content (AvgIpc) is 2.14. The number of hydrogen-bond donors (Lipinski definition) is 0. The van der Waals surface area contributed by atoms with E-state index in [4.69, 9.17) is 4.74 Å². The molecule has 0 fully saturated rings. The van der Waals surface area contributed by atoms with Gasteiger partial charge in [0, 0.05) is 19.6 Å². The summed E-state index contributed by atoms with van der Waals surface area (Å²) in [5, 5.41) is 0. The second kappa shape index (κ2) is 4.97. The van der Waals surface area contributed by atoms with Gasteiger partial charge in [-0.2, -0.15) is 0 Å². The van der Waals surface area contributed by atoms with Crippen molar-refractivity contribution in [3.05, 3.63) is 41.6 Å². The van der Waals surface area contributed by atoms with Gasteiger partial charge in [-0.3, -0.25) is 0 Å². The van der Waals surface area contributed by atoms with Crippen LogP contribution in [0.1, 0.15) is 18.9 Å². The predicted octanol–water partition coefficient (Wildman–Crippen LogP) is 2.80. The lowest BCUT2D eigenvalue weighted by atomic mass is 9.98. The van der Waals surface area contributed by atoms with Crippen LogP contribution in [0.5, 0.6) is 0 Å². The lowest BCUT2D eigenvalue weighted by Gasteiger charge is -2.09. The van der Waals surface area contributed by atoms with Gasteiger partial charge in [-0.15, -0.1) is 0 Å². The zero-order chi connectivity index (χ0) is 9.68. The summed E-state index contributed by atoms with van der Waals surface area (Å²) in [4.78, 5) is 0. The highest BCUT2D eigenvalue weighted by atomic mass is 19.1. The van der Waals surface area contributed by atoms with E-state index >= 15 is 0 Å². The summed E-state index contributed by atoms with van der Waals surface area (Å²) in [6.07, 6.45) is 0.847. The van der Waals surface area contributed by atoms with Crippen LogP contribution in [-0.4, -0.2) is 13.7 Å². The minimum atomic E-state index is -0.186. The van der Waals surface area contributed by atoms with Crippen LogP contribution in [0.15, 0.2) is 24.3 Å². The molecule has 0 aliphatic carbocycles. The van der Waals surface area contributed by atoms with E-state index in [2.05, 4.69) is 0 Å². The number of halogens is 1. The van der Waals surface area contributed by atoms with Gasteiger partial charge in [0.05, 0.1) is 0 Å². The van der Waals surface area contributed by atoms with Crippen molar-refractivity contribution < 1.29 is 9.13 Å². The third-order valence-electron chi connectivity index (χ3n) is 2.00. The Balaban J connectivity index is 2.60. The summed E-state index contributed by atoms with van der Waals surface area (Å²) in [7, 11) is 1.67. The fourth-order valence-corrected chi connectivity index (χ4v) is 1.15. The van der Waals surface area contributed by atoms with Crippen LogP contribution >= 0.6 is 0 Å². The van der Waals surface area contributed by atoms with Gasteiger partial charge in [0.1, 0.15) is 5.82 Å². The van der Waals surface area contributed by atoms with Crippen LogP contribution in [0.3, 0.4) is 0 Å². The fraction of sp³-hybridized carbons (Fsp3) is 0.364. The molecule has 0 atom stereocenters. The van der Waals surface area contributed by atoms with E-state index < -0.39 is 0 Å². The van der Waals surface area contributed by atoms with Gasteiger partial charge in [-0.25, -0.2) is 4.39 Å². The lowest BCUT2D eigenvalue weighted by Crippen LogP contribution is -1.99. The van der Waals surface area contributed by atoms with Crippen molar-refractivity contribution in [1.82, 2.24) is 0 Å². The normalized spacial score (nSPS) is 10.8. The minimum absolute atomic E-state index is 0.186. The minimum Gasteiger partial charge on any atom is -0.385 e. The van der Waals surface area contributed by atoms with Gasteiger partial charge in [0.2, 0.25) is 0 Å². The Morgan fingerprint density at radius 2 is 2.23 bits per heavy atom. The highest BCUT2D eigenvalue weighted by Gasteiger charge is 2.05. The van der Waals surface area contributed by atoms with Gasteiger partial charge in [0.15, 0.2) is 0 Å². The zero-order valence-corrected chi connectivity index (χ0v) is 8.01. The van der Waals surface area contributed by atoms with Crippen molar-refractivity contribution in [2.24, 2.45) is 0 Å². The van der Waals surface area contributed by atoms with Crippen molar-refractivity contribution in [2.75, 3.05) is 13.7 Å². The maximum Gasteiger partial charge on any atom is 0.123 e. The Kier molecular flexibility index (Phi) is 3.90. The number of hydrogen-bond acceptors (Lipinski definition) is 1. The van der Waals surface area contributed by atoms with E-state index in [1.165, 1.54) is 6.07 Å². The molecule has 0 saturated carbocycles. The fourth-order valence-electron chi connectivity index (χ4n) is 1.15. The van der Waals surface area contributed by atoms with Crippen molar-refractivity contribution in [2.45, 2.75) is 13.3 Å². The van der Waals surface area contributed by atoms with E-state index in [1.54, 1.807) is 19.2 Å². The first-order chi connectivity index (χ1) is 6.24.